The van der Waals surface area contributed by atoms with Gasteiger partial charge in [0, 0.05) is 40.2 Å². The molecule has 0 saturated carbocycles. The third-order valence-corrected chi connectivity index (χ3v) is 10.2. The second-order valence-electron chi connectivity index (χ2n) is 11.3. The molecule has 1 saturated heterocycles. The minimum Gasteiger partial charge on any atom is -0.493 e. The zero-order chi connectivity index (χ0) is 33.4. The Morgan fingerprint density at radius 3 is 2.55 bits per heavy atom. The molecular weight excluding hydrogens is 684 g/mol. The Balaban J connectivity index is 1.47. The van der Waals surface area contributed by atoms with Gasteiger partial charge in [0.1, 0.15) is 6.04 Å². The molecular formula is C35H37BrN4O6S. The summed E-state index contributed by atoms with van der Waals surface area (Å²) in [7, 11) is 3.09. The molecule has 2 aromatic heterocycles. The van der Waals surface area contributed by atoms with E-state index < -0.39 is 12.0 Å². The summed E-state index contributed by atoms with van der Waals surface area (Å²) in [6.07, 6.45) is 1.91. The summed E-state index contributed by atoms with van der Waals surface area (Å²) in [4.78, 5) is 35.2. The van der Waals surface area contributed by atoms with Crippen molar-refractivity contribution in [1.82, 2.24) is 9.13 Å². The van der Waals surface area contributed by atoms with Gasteiger partial charge in [0.15, 0.2) is 16.3 Å². The normalized spacial score (nSPS) is 16.6. The van der Waals surface area contributed by atoms with Crippen LogP contribution >= 0.6 is 27.3 Å². The predicted molar refractivity (Wildman–Crippen MR) is 186 cm³/mol. The van der Waals surface area contributed by atoms with Crippen molar-refractivity contribution < 1.29 is 23.7 Å². The molecule has 0 spiro atoms. The number of halogens is 1. The fourth-order valence-electron chi connectivity index (χ4n) is 6.38. The Hall–Kier alpha value is -4.13. The highest BCUT2D eigenvalue weighted by Crippen LogP contribution is 2.40. The van der Waals surface area contributed by atoms with Crippen LogP contribution in [0.1, 0.15) is 42.4 Å². The van der Waals surface area contributed by atoms with Crippen LogP contribution in [0.3, 0.4) is 0 Å². The molecule has 246 valence electrons. The second-order valence-corrected chi connectivity index (χ2v) is 13.1. The van der Waals surface area contributed by atoms with E-state index in [2.05, 4.69) is 56.6 Å². The highest BCUT2D eigenvalue weighted by Gasteiger charge is 2.36. The molecule has 10 nitrogen and oxygen atoms in total. The number of benzene rings is 2. The smallest absolute Gasteiger partial charge is 0.338 e. The van der Waals surface area contributed by atoms with Crippen LogP contribution in [-0.2, 0) is 14.3 Å². The fraction of sp³-hybridized carbons (Fsp3) is 0.343. The maximum atomic E-state index is 14.3. The average Bonchev–Trinajstić information content (AvgIpc) is 3.52. The van der Waals surface area contributed by atoms with E-state index in [9.17, 15) is 9.59 Å². The first-order valence-corrected chi connectivity index (χ1v) is 17.0. The van der Waals surface area contributed by atoms with Crippen LogP contribution < -0.4 is 29.3 Å². The third-order valence-electron chi connectivity index (χ3n) is 8.54. The summed E-state index contributed by atoms with van der Waals surface area (Å²) >= 11 is 5.08. The van der Waals surface area contributed by atoms with Gasteiger partial charge >= 0.3 is 5.97 Å². The number of aromatic nitrogens is 2. The van der Waals surface area contributed by atoms with E-state index in [1.165, 1.54) is 18.4 Å². The standard InChI is InChI=1S/C35H37BrN4O6S/c1-7-46-34(42)30-21(3)37-35-40(31(30)25-9-8-10-28(43-5)32(25)44-6)33(41)29(47-35)18-23-17-20(2)39(22(23)4)24-11-12-27(26(36)19-24)38-13-15-45-16-14-38/h8-12,17-19,31H,7,13-16H2,1-6H3/b29-18-. The van der Waals surface area contributed by atoms with Crippen LogP contribution in [-0.4, -0.2) is 62.2 Å². The van der Waals surface area contributed by atoms with Gasteiger partial charge < -0.3 is 28.4 Å². The van der Waals surface area contributed by atoms with Gasteiger partial charge in [0.25, 0.3) is 5.56 Å². The number of nitrogens with zero attached hydrogens (tertiary/aromatic N) is 4. The van der Waals surface area contributed by atoms with Crippen LogP contribution in [0.15, 0.2) is 68.0 Å². The molecule has 2 aromatic carbocycles. The number of carbonyl (C=O) groups excluding carboxylic acids is 1. The van der Waals surface area contributed by atoms with E-state index in [1.807, 2.05) is 25.1 Å². The zero-order valence-electron chi connectivity index (χ0n) is 27.3. The van der Waals surface area contributed by atoms with Crippen molar-refractivity contribution >= 4 is 45.0 Å². The molecule has 2 aliphatic heterocycles. The number of hydrogen-bond acceptors (Lipinski definition) is 9. The molecule has 4 heterocycles. The van der Waals surface area contributed by atoms with Crippen molar-refractivity contribution in [2.75, 3.05) is 52.0 Å². The zero-order valence-corrected chi connectivity index (χ0v) is 29.7. The van der Waals surface area contributed by atoms with E-state index >= 15 is 0 Å². The molecule has 4 aromatic rings. The number of rotatable bonds is 8. The van der Waals surface area contributed by atoms with Crippen molar-refractivity contribution in [2.45, 2.75) is 33.7 Å². The van der Waals surface area contributed by atoms with Gasteiger partial charge in [-0.3, -0.25) is 9.36 Å². The number of thiazole rings is 1. The summed E-state index contributed by atoms with van der Waals surface area (Å²) < 4.78 is 27.6. The van der Waals surface area contributed by atoms with E-state index in [0.29, 0.717) is 32.1 Å². The number of hydrogen-bond donors (Lipinski definition) is 0. The van der Waals surface area contributed by atoms with Gasteiger partial charge in [0.05, 0.1) is 55.5 Å². The number of para-hydroxylation sites is 1. The number of methoxy groups -OCH3 is 2. The van der Waals surface area contributed by atoms with Crippen molar-refractivity contribution in [3.8, 4) is 17.2 Å². The highest BCUT2D eigenvalue weighted by molar-refractivity contribution is 9.10. The van der Waals surface area contributed by atoms with Gasteiger partial charge in [-0.15, -0.1) is 0 Å². The molecule has 1 unspecified atom stereocenters. The maximum Gasteiger partial charge on any atom is 0.338 e. The summed E-state index contributed by atoms with van der Waals surface area (Å²) in [5.74, 6) is 0.384. The molecule has 0 radical (unpaired) electrons. The lowest BCUT2D eigenvalue weighted by Gasteiger charge is -2.30. The maximum absolute atomic E-state index is 14.3. The Labute approximate surface area is 285 Å². The Bertz CT molecular complexity index is 2070. The molecule has 12 heteroatoms. The summed E-state index contributed by atoms with van der Waals surface area (Å²) in [5, 5.41) is 0. The molecule has 0 aliphatic carbocycles. The lowest BCUT2D eigenvalue weighted by atomic mass is 9.94. The van der Waals surface area contributed by atoms with Crippen molar-refractivity contribution in [3.63, 3.8) is 0 Å². The van der Waals surface area contributed by atoms with Gasteiger partial charge in [-0.25, -0.2) is 9.79 Å². The van der Waals surface area contributed by atoms with Crippen molar-refractivity contribution in [1.29, 1.82) is 0 Å². The van der Waals surface area contributed by atoms with Crippen molar-refractivity contribution in [3.05, 3.63) is 100 Å². The number of aryl methyl sites for hydroxylation is 1. The molecule has 6 rings (SSSR count). The SMILES string of the molecule is CCOC(=O)C1=C(C)N=c2s/c(=C\c3cc(C)n(-c4ccc(N5CCOCC5)c(Br)c4)c3C)c(=O)n2C1c1cccc(OC)c1OC. The summed E-state index contributed by atoms with van der Waals surface area (Å²) in [6, 6.07) is 13.1. The minimum atomic E-state index is -0.827. The van der Waals surface area contributed by atoms with Crippen LogP contribution in [0.5, 0.6) is 11.5 Å². The number of fused-ring (bicyclic) bond motifs is 1. The number of anilines is 1. The number of esters is 1. The number of ether oxygens (including phenoxy) is 4. The van der Waals surface area contributed by atoms with Crippen molar-refractivity contribution in [2.24, 2.45) is 4.99 Å². The Morgan fingerprint density at radius 2 is 1.87 bits per heavy atom. The topological polar surface area (TPSA) is 96.5 Å². The summed E-state index contributed by atoms with van der Waals surface area (Å²) in [5.41, 5.74) is 6.20. The van der Waals surface area contributed by atoms with E-state index in [1.54, 1.807) is 31.6 Å². The molecule has 0 bridgehead atoms. The highest BCUT2D eigenvalue weighted by atomic mass is 79.9. The lowest BCUT2D eigenvalue weighted by molar-refractivity contribution is -0.139. The van der Waals surface area contributed by atoms with Gasteiger partial charge in [-0.05, 0) is 85.6 Å². The predicted octanol–water partition coefficient (Wildman–Crippen LogP) is 4.82. The number of allylic oxidation sites excluding steroid dienone is 1. The number of carbonyl (C=O) groups is 1. The second kappa shape index (κ2) is 13.5. The van der Waals surface area contributed by atoms with E-state index in [0.717, 1.165) is 59.1 Å². The van der Waals surface area contributed by atoms with Crippen LogP contribution in [0.4, 0.5) is 5.69 Å². The van der Waals surface area contributed by atoms with Crippen LogP contribution in [0, 0.1) is 13.8 Å². The van der Waals surface area contributed by atoms with Gasteiger partial charge in [-0.2, -0.15) is 0 Å². The first kappa shape index (κ1) is 32.8. The first-order valence-electron chi connectivity index (χ1n) is 15.4. The lowest BCUT2D eigenvalue weighted by Crippen LogP contribution is -2.40. The molecule has 1 atom stereocenters. The molecule has 47 heavy (non-hydrogen) atoms. The third kappa shape index (κ3) is 5.94. The summed E-state index contributed by atoms with van der Waals surface area (Å²) in [6.45, 7) is 10.9. The Morgan fingerprint density at radius 1 is 1.11 bits per heavy atom. The van der Waals surface area contributed by atoms with Crippen LogP contribution in [0.25, 0.3) is 11.8 Å². The average molecular weight is 722 g/mol. The van der Waals surface area contributed by atoms with Crippen LogP contribution in [0.2, 0.25) is 0 Å². The first-order chi connectivity index (χ1) is 22.7. The fourth-order valence-corrected chi connectivity index (χ4v) is 8.04. The molecule has 1 fully saturated rings. The van der Waals surface area contributed by atoms with Gasteiger partial charge in [0.2, 0.25) is 0 Å². The van der Waals surface area contributed by atoms with E-state index in [4.69, 9.17) is 23.9 Å². The van der Waals surface area contributed by atoms with E-state index in [-0.39, 0.29) is 17.7 Å². The molecule has 2 aliphatic rings. The Kier molecular flexibility index (Phi) is 9.45. The molecule has 0 amide bonds. The van der Waals surface area contributed by atoms with Gasteiger partial charge in [-0.1, -0.05) is 23.5 Å². The largest absolute Gasteiger partial charge is 0.493 e. The molecule has 0 N–H and O–H groups in total. The minimum absolute atomic E-state index is 0.185. The monoisotopic (exact) mass is 720 g/mol. The number of morpholine rings is 1. The quantitative estimate of drug-likeness (QED) is 0.241.